The summed E-state index contributed by atoms with van der Waals surface area (Å²) in [5.74, 6) is 1.76. The minimum Gasteiger partial charge on any atom is -0.312 e. The lowest BCUT2D eigenvalue weighted by atomic mass is 9.82. The van der Waals surface area contributed by atoms with Crippen LogP contribution in [-0.2, 0) is 0 Å². The van der Waals surface area contributed by atoms with Gasteiger partial charge in [-0.05, 0) is 49.6 Å². The molecular weight excluding hydrogens is 208 g/mol. The Morgan fingerprint density at radius 1 is 1.29 bits per heavy atom. The van der Waals surface area contributed by atoms with Gasteiger partial charge in [0.2, 0.25) is 0 Å². The summed E-state index contributed by atoms with van der Waals surface area (Å²) in [5, 5.41) is 3.74. The third-order valence-corrected chi connectivity index (χ3v) is 4.71. The zero-order valence-electron chi connectivity index (χ0n) is 12.1. The van der Waals surface area contributed by atoms with Gasteiger partial charge in [-0.3, -0.25) is 0 Å². The summed E-state index contributed by atoms with van der Waals surface area (Å²) < 4.78 is 0. The molecule has 1 aliphatic heterocycles. The van der Waals surface area contributed by atoms with Gasteiger partial charge < -0.3 is 10.2 Å². The minimum atomic E-state index is 0.439. The van der Waals surface area contributed by atoms with Crippen molar-refractivity contribution in [2.45, 2.75) is 53.0 Å². The topological polar surface area (TPSA) is 15.3 Å². The monoisotopic (exact) mass is 238 g/mol. The Labute approximate surface area is 107 Å². The Hall–Kier alpha value is -0.0800. The first kappa shape index (κ1) is 13.4. The van der Waals surface area contributed by atoms with Crippen LogP contribution in [0.4, 0.5) is 0 Å². The second kappa shape index (κ2) is 5.27. The van der Waals surface area contributed by atoms with Crippen molar-refractivity contribution >= 4 is 0 Å². The van der Waals surface area contributed by atoms with Crippen molar-refractivity contribution in [2.24, 2.45) is 17.3 Å². The highest BCUT2D eigenvalue weighted by Crippen LogP contribution is 2.34. The lowest BCUT2D eigenvalue weighted by Crippen LogP contribution is -2.42. The maximum absolute atomic E-state index is 3.74. The van der Waals surface area contributed by atoms with Gasteiger partial charge in [0.25, 0.3) is 0 Å². The van der Waals surface area contributed by atoms with E-state index in [4.69, 9.17) is 0 Å². The third kappa shape index (κ3) is 3.96. The van der Waals surface area contributed by atoms with Gasteiger partial charge in [0.15, 0.2) is 0 Å². The van der Waals surface area contributed by atoms with Crippen LogP contribution in [0, 0.1) is 17.3 Å². The molecule has 2 nitrogen and oxygen atoms in total. The van der Waals surface area contributed by atoms with E-state index in [9.17, 15) is 0 Å². The Kier molecular flexibility index (Phi) is 4.14. The minimum absolute atomic E-state index is 0.439. The van der Waals surface area contributed by atoms with Crippen molar-refractivity contribution in [3.8, 4) is 0 Å². The second-order valence-electron chi connectivity index (χ2n) is 7.28. The molecule has 1 heterocycles. The van der Waals surface area contributed by atoms with E-state index in [-0.39, 0.29) is 0 Å². The summed E-state index contributed by atoms with van der Waals surface area (Å²) in [5.41, 5.74) is 0.439. The molecule has 0 spiro atoms. The van der Waals surface area contributed by atoms with Gasteiger partial charge in [-0.2, -0.15) is 0 Å². The van der Waals surface area contributed by atoms with Gasteiger partial charge in [0.05, 0.1) is 0 Å². The molecule has 2 atom stereocenters. The van der Waals surface area contributed by atoms with E-state index in [2.05, 4.69) is 37.9 Å². The van der Waals surface area contributed by atoms with Crippen LogP contribution in [0.3, 0.4) is 0 Å². The maximum Gasteiger partial charge on any atom is 0.0223 e. The molecule has 0 radical (unpaired) electrons. The summed E-state index contributed by atoms with van der Waals surface area (Å²) >= 11 is 0. The molecule has 1 saturated carbocycles. The quantitative estimate of drug-likeness (QED) is 0.813. The normalized spacial score (nSPS) is 30.0. The highest BCUT2D eigenvalue weighted by molar-refractivity contribution is 4.90. The van der Waals surface area contributed by atoms with E-state index in [0.717, 1.165) is 17.9 Å². The Morgan fingerprint density at radius 2 is 2.00 bits per heavy atom. The zero-order valence-corrected chi connectivity index (χ0v) is 12.1. The van der Waals surface area contributed by atoms with E-state index >= 15 is 0 Å². The van der Waals surface area contributed by atoms with Gasteiger partial charge in [-0.1, -0.05) is 27.7 Å². The van der Waals surface area contributed by atoms with Crippen LogP contribution in [0.1, 0.15) is 47.0 Å². The fraction of sp³-hybridized carbons (Fsp3) is 1.00. The smallest absolute Gasteiger partial charge is 0.0223 e. The molecule has 2 aliphatic rings. The fourth-order valence-electron chi connectivity index (χ4n) is 2.67. The molecule has 17 heavy (non-hydrogen) atoms. The zero-order chi connectivity index (χ0) is 12.5. The number of hydrogen-bond donors (Lipinski definition) is 1. The first-order valence-electron chi connectivity index (χ1n) is 7.42. The second-order valence-corrected chi connectivity index (χ2v) is 7.28. The van der Waals surface area contributed by atoms with Crippen molar-refractivity contribution in [1.82, 2.24) is 10.2 Å². The molecule has 2 heteroatoms. The summed E-state index contributed by atoms with van der Waals surface area (Å²) in [6.45, 7) is 14.6. The van der Waals surface area contributed by atoms with Crippen LogP contribution < -0.4 is 5.32 Å². The molecule has 0 amide bonds. The molecule has 1 aliphatic carbocycles. The molecule has 0 aromatic carbocycles. The molecule has 0 aromatic rings. The van der Waals surface area contributed by atoms with Crippen molar-refractivity contribution in [3.05, 3.63) is 0 Å². The number of hydrogen-bond acceptors (Lipinski definition) is 2. The molecule has 0 bridgehead atoms. The number of nitrogens with zero attached hydrogens (tertiary/aromatic N) is 1. The van der Waals surface area contributed by atoms with Crippen molar-refractivity contribution in [3.63, 3.8) is 0 Å². The van der Waals surface area contributed by atoms with Gasteiger partial charge >= 0.3 is 0 Å². The first-order chi connectivity index (χ1) is 7.97. The predicted molar refractivity (Wildman–Crippen MR) is 74.2 cm³/mol. The van der Waals surface area contributed by atoms with Gasteiger partial charge in [-0.25, -0.2) is 0 Å². The van der Waals surface area contributed by atoms with E-state index in [1.54, 1.807) is 0 Å². The fourth-order valence-corrected chi connectivity index (χ4v) is 2.67. The van der Waals surface area contributed by atoms with E-state index in [0.29, 0.717) is 5.41 Å². The predicted octanol–water partition coefficient (Wildman–Crippen LogP) is 2.74. The Balaban J connectivity index is 1.85. The van der Waals surface area contributed by atoms with Crippen molar-refractivity contribution in [2.75, 3.05) is 26.2 Å². The highest BCUT2D eigenvalue weighted by atomic mass is 15.2. The standard InChI is InChI=1S/C15H30N2/c1-12(15(2,3)4)10-17-9-5-8-16-14(11-17)13-6-7-13/h12-14,16H,5-11H2,1-4H3. The van der Waals surface area contributed by atoms with Gasteiger partial charge in [-0.15, -0.1) is 0 Å². The summed E-state index contributed by atoms with van der Waals surface area (Å²) in [7, 11) is 0. The summed E-state index contributed by atoms with van der Waals surface area (Å²) in [6.07, 6.45) is 4.24. The summed E-state index contributed by atoms with van der Waals surface area (Å²) in [4.78, 5) is 2.71. The molecule has 2 unspecified atom stereocenters. The Morgan fingerprint density at radius 3 is 2.59 bits per heavy atom. The van der Waals surface area contributed by atoms with Crippen molar-refractivity contribution in [1.29, 1.82) is 0 Å². The van der Waals surface area contributed by atoms with Gasteiger partial charge in [0.1, 0.15) is 0 Å². The van der Waals surface area contributed by atoms with Gasteiger partial charge in [0, 0.05) is 19.1 Å². The van der Waals surface area contributed by atoms with Crippen LogP contribution in [0.15, 0.2) is 0 Å². The molecule has 1 N–H and O–H groups in total. The molecule has 100 valence electrons. The molecule has 0 aromatic heterocycles. The first-order valence-corrected chi connectivity index (χ1v) is 7.42. The molecule has 1 saturated heterocycles. The highest BCUT2D eigenvalue weighted by Gasteiger charge is 2.33. The third-order valence-electron chi connectivity index (χ3n) is 4.71. The largest absolute Gasteiger partial charge is 0.312 e. The molecular formula is C15H30N2. The SMILES string of the molecule is CC(CN1CCCNC(C2CC2)C1)C(C)(C)C. The van der Waals surface area contributed by atoms with Crippen LogP contribution in [0.2, 0.25) is 0 Å². The average Bonchev–Trinajstić information content (AvgIpc) is 3.02. The van der Waals surface area contributed by atoms with Crippen molar-refractivity contribution < 1.29 is 0 Å². The Bertz CT molecular complexity index is 240. The number of rotatable bonds is 3. The summed E-state index contributed by atoms with van der Waals surface area (Å²) in [6, 6.07) is 0.782. The van der Waals surface area contributed by atoms with E-state index in [1.807, 2.05) is 0 Å². The van der Waals surface area contributed by atoms with E-state index < -0.39 is 0 Å². The maximum atomic E-state index is 3.74. The van der Waals surface area contributed by atoms with Crippen LogP contribution >= 0.6 is 0 Å². The van der Waals surface area contributed by atoms with Crippen LogP contribution in [0.5, 0.6) is 0 Å². The molecule has 2 fully saturated rings. The van der Waals surface area contributed by atoms with Crippen LogP contribution in [0.25, 0.3) is 0 Å². The molecule has 2 rings (SSSR count). The lowest BCUT2D eigenvalue weighted by Gasteiger charge is -2.33. The van der Waals surface area contributed by atoms with E-state index in [1.165, 1.54) is 45.4 Å². The number of nitrogens with one attached hydrogen (secondary N) is 1. The lowest BCUT2D eigenvalue weighted by molar-refractivity contribution is 0.157. The average molecular weight is 238 g/mol. The van der Waals surface area contributed by atoms with Crippen LogP contribution in [-0.4, -0.2) is 37.1 Å².